The van der Waals surface area contributed by atoms with Crippen LogP contribution >= 0.6 is 23.1 Å². The Balaban J connectivity index is 1.59. The molecular weight excluding hydrogens is 464 g/mol. The summed E-state index contributed by atoms with van der Waals surface area (Å²) in [6, 6.07) is 6.83. The molecule has 1 aliphatic rings. The van der Waals surface area contributed by atoms with Crippen molar-refractivity contribution in [2.24, 2.45) is 0 Å². The quantitative estimate of drug-likeness (QED) is 0.445. The van der Waals surface area contributed by atoms with Crippen molar-refractivity contribution in [1.82, 2.24) is 4.90 Å². The summed E-state index contributed by atoms with van der Waals surface area (Å²) in [6.45, 7) is 4.65. The Bertz CT molecular complexity index is 1060. The van der Waals surface area contributed by atoms with Crippen molar-refractivity contribution in [3.63, 3.8) is 0 Å². The zero-order valence-electron chi connectivity index (χ0n) is 18.8. The van der Waals surface area contributed by atoms with Crippen molar-refractivity contribution in [3.05, 3.63) is 45.8 Å². The molecular formula is C23H26N2O6S2. The topological polar surface area (TPSA) is 102 Å². The maximum Gasteiger partial charge on any atom is 0.341 e. The summed E-state index contributed by atoms with van der Waals surface area (Å²) in [4.78, 5) is 52.7. The number of carbonyl (C=O) groups is 4. The number of hydrogen-bond acceptors (Lipinski definition) is 8. The molecule has 8 nitrogen and oxygen atoms in total. The molecule has 0 aliphatic carbocycles. The monoisotopic (exact) mass is 490 g/mol. The number of esters is 2. The normalized spacial score (nSPS) is 13.0. The van der Waals surface area contributed by atoms with E-state index in [0.717, 1.165) is 36.4 Å². The average Bonchev–Trinajstić information content (AvgIpc) is 3.44. The first-order chi connectivity index (χ1) is 15.8. The van der Waals surface area contributed by atoms with Crippen LogP contribution in [-0.4, -0.2) is 61.2 Å². The summed E-state index contributed by atoms with van der Waals surface area (Å²) in [7, 11) is 1.27. The number of carbonyl (C=O) groups excluding carboxylic acids is 4. The molecule has 0 saturated carbocycles. The lowest BCUT2D eigenvalue weighted by molar-refractivity contribution is -0.127. The smallest absolute Gasteiger partial charge is 0.341 e. The van der Waals surface area contributed by atoms with E-state index in [0.29, 0.717) is 21.0 Å². The van der Waals surface area contributed by atoms with Crippen LogP contribution in [0.1, 0.15) is 44.0 Å². The molecule has 0 bridgehead atoms. The first-order valence-electron chi connectivity index (χ1n) is 10.5. The van der Waals surface area contributed by atoms with E-state index in [4.69, 9.17) is 9.47 Å². The minimum absolute atomic E-state index is 0.0444. The van der Waals surface area contributed by atoms with Gasteiger partial charge in [0.1, 0.15) is 5.00 Å². The Morgan fingerprint density at radius 3 is 2.48 bits per heavy atom. The molecule has 33 heavy (non-hydrogen) atoms. The van der Waals surface area contributed by atoms with Crippen molar-refractivity contribution in [1.29, 1.82) is 0 Å². The van der Waals surface area contributed by atoms with Crippen molar-refractivity contribution in [2.75, 3.05) is 37.9 Å². The standard InChI is InChI=1S/C23H26N2O6S2/c1-14-15(2)33-21(20(14)23(29)30-3)24-18(26)12-31-22(28)16-8-4-5-9-17(16)32-13-19(27)25-10-6-7-11-25/h4-5,8-9H,6-7,10-13H2,1-3H3,(H,24,26). The van der Waals surface area contributed by atoms with Crippen LogP contribution in [0.15, 0.2) is 29.2 Å². The van der Waals surface area contributed by atoms with Crippen LogP contribution < -0.4 is 5.32 Å². The lowest BCUT2D eigenvalue weighted by atomic mass is 10.1. The predicted molar refractivity (Wildman–Crippen MR) is 127 cm³/mol. The highest BCUT2D eigenvalue weighted by Gasteiger charge is 2.23. The number of likely N-dealkylation sites (tertiary alicyclic amines) is 1. The van der Waals surface area contributed by atoms with Crippen molar-refractivity contribution < 1.29 is 28.7 Å². The van der Waals surface area contributed by atoms with Crippen LogP contribution in [0.4, 0.5) is 5.00 Å². The summed E-state index contributed by atoms with van der Waals surface area (Å²) in [5.41, 5.74) is 1.32. The van der Waals surface area contributed by atoms with Crippen molar-refractivity contribution in [3.8, 4) is 0 Å². The third-order valence-electron chi connectivity index (χ3n) is 5.28. The van der Waals surface area contributed by atoms with E-state index in [2.05, 4.69) is 5.32 Å². The fourth-order valence-corrected chi connectivity index (χ4v) is 5.40. The van der Waals surface area contributed by atoms with Gasteiger partial charge in [0, 0.05) is 22.9 Å². The summed E-state index contributed by atoms with van der Waals surface area (Å²) in [5, 5.41) is 2.98. The molecule has 0 atom stereocenters. The van der Waals surface area contributed by atoms with Gasteiger partial charge in [-0.05, 0) is 44.4 Å². The average molecular weight is 491 g/mol. The van der Waals surface area contributed by atoms with Crippen molar-refractivity contribution >= 4 is 51.9 Å². The molecule has 0 radical (unpaired) electrons. The maximum absolute atomic E-state index is 12.6. The fourth-order valence-electron chi connectivity index (χ4n) is 3.39. The molecule has 1 saturated heterocycles. The largest absolute Gasteiger partial charge is 0.465 e. The van der Waals surface area contributed by atoms with Gasteiger partial charge in [0.2, 0.25) is 5.91 Å². The SMILES string of the molecule is COC(=O)c1c(NC(=O)COC(=O)c2ccccc2SCC(=O)N2CCCC2)sc(C)c1C. The number of anilines is 1. The zero-order chi connectivity index (χ0) is 24.0. The number of methoxy groups -OCH3 is 1. The molecule has 1 fully saturated rings. The van der Waals surface area contributed by atoms with Gasteiger partial charge in [-0.15, -0.1) is 23.1 Å². The number of aryl methyl sites for hydroxylation is 1. The molecule has 1 aromatic heterocycles. The molecule has 3 rings (SSSR count). The lowest BCUT2D eigenvalue weighted by Crippen LogP contribution is -2.29. The zero-order valence-corrected chi connectivity index (χ0v) is 20.4. The Hall–Kier alpha value is -2.85. The molecule has 1 N–H and O–H groups in total. The van der Waals surface area contributed by atoms with Crippen LogP contribution in [0.5, 0.6) is 0 Å². The number of rotatable bonds is 8. The predicted octanol–water partition coefficient (Wildman–Crippen LogP) is 3.66. The fraction of sp³-hybridized carbons (Fsp3) is 0.391. The Labute approximate surface area is 200 Å². The first kappa shape index (κ1) is 24.8. The van der Waals surface area contributed by atoms with Gasteiger partial charge >= 0.3 is 11.9 Å². The number of ether oxygens (including phenoxy) is 2. The second kappa shape index (κ2) is 11.3. The van der Waals surface area contributed by atoms with Gasteiger partial charge in [0.05, 0.1) is 24.0 Å². The molecule has 0 unspecified atom stereocenters. The van der Waals surface area contributed by atoms with E-state index in [9.17, 15) is 19.2 Å². The number of thioether (sulfide) groups is 1. The second-order valence-corrected chi connectivity index (χ2v) is 9.72. The number of thiophene rings is 1. The van der Waals surface area contributed by atoms with Gasteiger partial charge in [0.15, 0.2) is 6.61 Å². The van der Waals surface area contributed by atoms with E-state index < -0.39 is 24.5 Å². The highest BCUT2D eigenvalue weighted by molar-refractivity contribution is 8.00. The first-order valence-corrected chi connectivity index (χ1v) is 12.3. The molecule has 176 valence electrons. The van der Waals surface area contributed by atoms with Crippen molar-refractivity contribution in [2.45, 2.75) is 31.6 Å². The van der Waals surface area contributed by atoms with Crippen LogP contribution in [-0.2, 0) is 19.1 Å². The molecule has 2 aromatic rings. The van der Waals surface area contributed by atoms with E-state index in [1.54, 1.807) is 31.2 Å². The van der Waals surface area contributed by atoms with E-state index >= 15 is 0 Å². The Morgan fingerprint density at radius 1 is 1.09 bits per heavy atom. The second-order valence-electron chi connectivity index (χ2n) is 7.48. The highest BCUT2D eigenvalue weighted by Crippen LogP contribution is 2.33. The van der Waals surface area contributed by atoms with Gasteiger partial charge in [0.25, 0.3) is 5.91 Å². The number of amides is 2. The number of nitrogens with zero attached hydrogens (tertiary/aromatic N) is 1. The number of benzene rings is 1. The van der Waals surface area contributed by atoms with Gasteiger partial charge in [-0.3, -0.25) is 9.59 Å². The Kier molecular flexibility index (Phi) is 8.51. The van der Waals surface area contributed by atoms with Crippen LogP contribution in [0.3, 0.4) is 0 Å². The summed E-state index contributed by atoms with van der Waals surface area (Å²) >= 11 is 2.53. The van der Waals surface area contributed by atoms with Gasteiger partial charge in [-0.1, -0.05) is 12.1 Å². The van der Waals surface area contributed by atoms with Crippen LogP contribution in [0.2, 0.25) is 0 Å². The maximum atomic E-state index is 12.6. The minimum Gasteiger partial charge on any atom is -0.465 e. The Morgan fingerprint density at radius 2 is 1.79 bits per heavy atom. The van der Waals surface area contributed by atoms with Crippen LogP contribution in [0, 0.1) is 13.8 Å². The minimum atomic E-state index is -0.659. The van der Waals surface area contributed by atoms with E-state index in [1.807, 2.05) is 11.8 Å². The lowest BCUT2D eigenvalue weighted by Gasteiger charge is -2.15. The molecule has 0 spiro atoms. The third kappa shape index (κ3) is 6.14. The number of nitrogens with one attached hydrogen (secondary N) is 1. The highest BCUT2D eigenvalue weighted by atomic mass is 32.2. The molecule has 2 amide bonds. The van der Waals surface area contributed by atoms with E-state index in [1.165, 1.54) is 30.2 Å². The molecule has 10 heteroatoms. The molecule has 2 heterocycles. The molecule has 1 aromatic carbocycles. The number of hydrogen-bond donors (Lipinski definition) is 1. The summed E-state index contributed by atoms with van der Waals surface area (Å²) in [6.07, 6.45) is 2.04. The van der Waals surface area contributed by atoms with Gasteiger partial charge in [-0.2, -0.15) is 0 Å². The summed E-state index contributed by atoms with van der Waals surface area (Å²) in [5.74, 6) is -1.49. The van der Waals surface area contributed by atoms with Gasteiger partial charge < -0.3 is 19.7 Å². The van der Waals surface area contributed by atoms with Crippen LogP contribution in [0.25, 0.3) is 0 Å². The van der Waals surface area contributed by atoms with E-state index in [-0.39, 0.29) is 11.7 Å². The summed E-state index contributed by atoms with van der Waals surface area (Å²) < 4.78 is 10.00. The van der Waals surface area contributed by atoms with Gasteiger partial charge in [-0.25, -0.2) is 9.59 Å². The third-order valence-corrected chi connectivity index (χ3v) is 7.46. The molecule has 1 aliphatic heterocycles.